The maximum atomic E-state index is 12.4. The zero-order chi connectivity index (χ0) is 39.0. The molecule has 312 valence electrons. The van der Waals surface area contributed by atoms with E-state index in [1.807, 2.05) is 13.8 Å². The number of carbonyl (C=O) groups excluding carboxylic acids is 4. The van der Waals surface area contributed by atoms with Gasteiger partial charge in [-0.25, -0.2) is 0 Å². The summed E-state index contributed by atoms with van der Waals surface area (Å²) in [6, 6.07) is 6.38. The van der Waals surface area contributed by atoms with Crippen molar-refractivity contribution < 1.29 is 47.6 Å². The summed E-state index contributed by atoms with van der Waals surface area (Å²) in [5, 5.41) is 11.1. The number of H-pyrrole nitrogens is 1. The number of likely N-dealkylation sites (tertiary alicyclic amines) is 1. The van der Waals surface area contributed by atoms with Crippen LogP contribution in [0.25, 0.3) is 6.08 Å². The number of carbonyl (C=O) groups is 4. The van der Waals surface area contributed by atoms with Crippen LogP contribution in [0.2, 0.25) is 0 Å². The second-order valence-electron chi connectivity index (χ2n) is 15.1. The minimum absolute atomic E-state index is 0. The van der Waals surface area contributed by atoms with E-state index in [2.05, 4.69) is 57.7 Å². The van der Waals surface area contributed by atoms with Gasteiger partial charge in [0.15, 0.2) is 12.2 Å². The van der Waals surface area contributed by atoms with Crippen LogP contribution < -0.4 is 10.1 Å². The Morgan fingerprint density at radius 2 is 1.61 bits per heavy atom. The van der Waals surface area contributed by atoms with Crippen LogP contribution in [-0.4, -0.2) is 109 Å². The van der Waals surface area contributed by atoms with E-state index in [9.17, 15) is 19.2 Å². The van der Waals surface area contributed by atoms with Crippen molar-refractivity contribution in [1.82, 2.24) is 20.4 Å². The summed E-state index contributed by atoms with van der Waals surface area (Å²) in [6.07, 6.45) is 3.23. The van der Waals surface area contributed by atoms with Crippen LogP contribution in [-0.2, 0) is 49.3 Å². The molecule has 3 aliphatic rings. The molecule has 0 amide bonds. The molecule has 1 aromatic carbocycles. The van der Waals surface area contributed by atoms with Crippen LogP contribution in [0.3, 0.4) is 0 Å². The van der Waals surface area contributed by atoms with Crippen LogP contribution in [0.15, 0.2) is 24.3 Å². The molecule has 14 nitrogen and oxygen atoms in total. The van der Waals surface area contributed by atoms with Crippen molar-refractivity contribution in [1.29, 1.82) is 0 Å². The Bertz CT molecular complexity index is 1680. The number of benzene rings is 1. The van der Waals surface area contributed by atoms with Crippen LogP contribution in [0.1, 0.15) is 101 Å². The maximum absolute atomic E-state index is 12.4. The number of hydrogen-bond donors (Lipinski definition) is 2. The van der Waals surface area contributed by atoms with Crippen molar-refractivity contribution in [3.8, 4) is 5.88 Å². The molecule has 1 spiro atoms. The summed E-state index contributed by atoms with van der Waals surface area (Å²) in [4.78, 5) is 51.2. The number of nitrogens with one attached hydrogen (secondary N) is 2. The van der Waals surface area contributed by atoms with Crippen LogP contribution in [0.5, 0.6) is 5.88 Å². The molecule has 0 saturated carbocycles. The smallest absolute Gasteiger partial charge is 0.303 e. The summed E-state index contributed by atoms with van der Waals surface area (Å²) < 4.78 is 34.4. The highest BCUT2D eigenvalue weighted by Gasteiger charge is 2.53. The first-order chi connectivity index (χ1) is 25.7. The van der Waals surface area contributed by atoms with E-state index >= 15 is 0 Å². The monoisotopic (exact) mass is 824 g/mol. The molecular weight excluding hydrogens is 767 g/mol. The summed E-state index contributed by atoms with van der Waals surface area (Å²) in [5.41, 5.74) is 5.40. The van der Waals surface area contributed by atoms with Gasteiger partial charge in [-0.15, -0.1) is 29.9 Å². The Hall–Kier alpha value is -3.69. The normalized spacial score (nSPS) is 23.2. The molecule has 5 rings (SSSR count). The number of ether oxygens (including phenoxy) is 6. The van der Waals surface area contributed by atoms with E-state index in [0.29, 0.717) is 11.8 Å². The van der Waals surface area contributed by atoms with E-state index in [1.165, 1.54) is 60.0 Å². The minimum atomic E-state index is -1.40. The van der Waals surface area contributed by atoms with Gasteiger partial charge in [0, 0.05) is 58.5 Å². The summed E-state index contributed by atoms with van der Waals surface area (Å²) in [5.74, 6) is -2.53. The number of aromatic nitrogens is 2. The van der Waals surface area contributed by atoms with Gasteiger partial charge in [0.05, 0.1) is 0 Å². The molecule has 3 saturated heterocycles. The summed E-state index contributed by atoms with van der Waals surface area (Å²) in [7, 11) is 0. The van der Waals surface area contributed by atoms with E-state index < -0.39 is 54.6 Å². The largest absolute Gasteiger partial charge is 0.463 e. The SMILES string of the molecule is CC(=O)OC[C@H]1O[C@H](Oc2n[nH]c(C(C)C)c2Cc2ccc(/C=C/CCN3CCC4(CCNCC4)C3)cc2C)[C@H](OC(C)=O)[C@@H](OC(C)=O)[C@@H]1OC(C)=O.Cl.Cl. The van der Waals surface area contributed by atoms with Crippen molar-refractivity contribution in [2.24, 2.45) is 5.41 Å². The Labute approximate surface area is 341 Å². The third-order valence-corrected chi connectivity index (χ3v) is 10.5. The van der Waals surface area contributed by atoms with Gasteiger partial charge in [0.25, 0.3) is 0 Å². The third-order valence-electron chi connectivity index (χ3n) is 10.5. The Morgan fingerprint density at radius 3 is 2.23 bits per heavy atom. The van der Waals surface area contributed by atoms with Gasteiger partial charge in [0.1, 0.15) is 12.7 Å². The highest BCUT2D eigenvalue weighted by Crippen LogP contribution is 2.39. The fourth-order valence-electron chi connectivity index (χ4n) is 7.77. The molecule has 3 fully saturated rings. The number of hydrogen-bond acceptors (Lipinski definition) is 13. The van der Waals surface area contributed by atoms with Crippen LogP contribution >= 0.6 is 24.8 Å². The predicted molar refractivity (Wildman–Crippen MR) is 213 cm³/mol. The fourth-order valence-corrected chi connectivity index (χ4v) is 7.77. The first-order valence-electron chi connectivity index (χ1n) is 19.0. The average molecular weight is 826 g/mol. The lowest BCUT2D eigenvalue weighted by atomic mass is 9.78. The van der Waals surface area contributed by atoms with Gasteiger partial charge in [-0.3, -0.25) is 24.3 Å². The quantitative estimate of drug-likeness (QED) is 0.188. The Morgan fingerprint density at radius 1 is 0.946 bits per heavy atom. The standard InChI is InChI=1S/C40H56N4O10.2ClH/c1-24(2)34-32(21-31-12-11-30(20-25(31)3)10-8-9-18-44-19-15-40(23-44)13-16-41-17-14-40)38(43-42-34)54-39-37(52-29(7)48)36(51-28(6)47)35(50-27(5)46)33(53-39)22-49-26(4)45;;/h8,10-12,20,24,33,35-37,39,41H,9,13-19,21-23H2,1-7H3,(H,42,43);2*1H/b10-8+;;/t33-,35-,36+,37-,39-;;/m1../s1. The molecule has 2 aromatic rings. The Kier molecular flexibility index (Phi) is 17.7. The third kappa shape index (κ3) is 12.4. The summed E-state index contributed by atoms with van der Waals surface area (Å²) >= 11 is 0. The highest BCUT2D eigenvalue weighted by molar-refractivity contribution is 5.85. The molecule has 0 unspecified atom stereocenters. The fraction of sp³-hybridized carbons (Fsp3) is 0.625. The number of nitrogens with zero attached hydrogens (tertiary/aromatic N) is 2. The molecule has 0 radical (unpaired) electrons. The molecule has 16 heteroatoms. The number of rotatable bonds is 14. The van der Waals surface area contributed by atoms with Crippen molar-refractivity contribution in [2.45, 2.75) is 117 Å². The number of aromatic amines is 1. The van der Waals surface area contributed by atoms with Crippen molar-refractivity contribution in [2.75, 3.05) is 39.3 Å². The predicted octanol–water partition coefficient (Wildman–Crippen LogP) is 5.22. The lowest BCUT2D eigenvalue weighted by Crippen LogP contribution is -2.63. The molecular formula is C40H58Cl2N4O10. The second kappa shape index (κ2) is 21.2. The molecule has 0 aliphatic carbocycles. The molecule has 56 heavy (non-hydrogen) atoms. The van der Waals surface area contributed by atoms with Gasteiger partial charge in [-0.1, -0.05) is 44.2 Å². The number of piperidine rings is 1. The van der Waals surface area contributed by atoms with E-state index in [4.69, 9.17) is 28.4 Å². The lowest BCUT2D eigenvalue weighted by Gasteiger charge is -2.43. The van der Waals surface area contributed by atoms with Gasteiger partial charge < -0.3 is 38.6 Å². The average Bonchev–Trinajstić information content (AvgIpc) is 3.69. The first-order valence-corrected chi connectivity index (χ1v) is 19.0. The number of esters is 4. The van der Waals surface area contributed by atoms with E-state index in [0.717, 1.165) is 54.0 Å². The van der Waals surface area contributed by atoms with Gasteiger partial charge >= 0.3 is 23.9 Å². The second-order valence-corrected chi connectivity index (χ2v) is 15.1. The molecule has 1 aromatic heterocycles. The van der Waals surface area contributed by atoms with E-state index in [1.54, 1.807) is 0 Å². The van der Waals surface area contributed by atoms with Crippen molar-refractivity contribution in [3.05, 3.63) is 52.2 Å². The maximum Gasteiger partial charge on any atom is 0.303 e. The molecule has 3 aliphatic heterocycles. The zero-order valence-electron chi connectivity index (χ0n) is 33.4. The number of halogens is 2. The van der Waals surface area contributed by atoms with Crippen molar-refractivity contribution >= 4 is 54.8 Å². The minimum Gasteiger partial charge on any atom is -0.463 e. The van der Waals surface area contributed by atoms with Gasteiger partial charge in [0.2, 0.25) is 18.3 Å². The van der Waals surface area contributed by atoms with Crippen LogP contribution in [0, 0.1) is 12.3 Å². The van der Waals surface area contributed by atoms with Crippen molar-refractivity contribution in [3.63, 3.8) is 0 Å². The van der Waals surface area contributed by atoms with E-state index in [-0.39, 0.29) is 43.2 Å². The first kappa shape index (κ1) is 46.7. The highest BCUT2D eigenvalue weighted by atomic mass is 35.5. The Balaban J connectivity index is 0.00000420. The lowest BCUT2D eigenvalue weighted by molar-refractivity contribution is -0.289. The van der Waals surface area contributed by atoms with Gasteiger partial charge in [-0.05, 0) is 80.3 Å². The zero-order valence-corrected chi connectivity index (χ0v) is 35.1. The number of aryl methyl sites for hydroxylation is 1. The van der Waals surface area contributed by atoms with Crippen LogP contribution in [0.4, 0.5) is 0 Å². The summed E-state index contributed by atoms with van der Waals surface area (Å²) in [6.45, 7) is 16.3. The molecule has 4 heterocycles. The van der Waals surface area contributed by atoms with Gasteiger partial charge in [-0.2, -0.15) is 0 Å². The topological polar surface area (TPSA) is 168 Å². The molecule has 2 N–H and O–H groups in total. The molecule has 5 atom stereocenters. The molecule has 0 bridgehead atoms.